The summed E-state index contributed by atoms with van der Waals surface area (Å²) in [6.07, 6.45) is 2.02. The van der Waals surface area contributed by atoms with Gasteiger partial charge in [-0.25, -0.2) is 17.8 Å². The van der Waals surface area contributed by atoms with Crippen molar-refractivity contribution in [1.82, 2.24) is 9.88 Å². The second-order valence-corrected chi connectivity index (χ2v) is 8.43. The molecular formula is C19H23FN4O3S. The van der Waals surface area contributed by atoms with Crippen LogP contribution in [0.3, 0.4) is 0 Å². The van der Waals surface area contributed by atoms with Gasteiger partial charge in [0, 0.05) is 26.2 Å². The fourth-order valence-corrected chi connectivity index (χ4v) is 4.20. The second kappa shape index (κ2) is 8.55. The molecule has 150 valence electrons. The Morgan fingerprint density at radius 3 is 2.46 bits per heavy atom. The first-order valence-electron chi connectivity index (χ1n) is 9.15. The summed E-state index contributed by atoms with van der Waals surface area (Å²) in [6, 6.07) is 9.40. The van der Waals surface area contributed by atoms with E-state index in [1.54, 1.807) is 36.1 Å². The molecule has 3 rings (SSSR count). The number of pyridine rings is 1. The fraction of sp³-hybridized carbons (Fsp3) is 0.368. The SMILES string of the molecule is CCCS(=O)(=O)Nc1ccc(N2CCN(C(=O)c3ccccc3F)CC2)nc1. The van der Waals surface area contributed by atoms with Crippen molar-refractivity contribution < 1.29 is 17.6 Å². The number of piperazine rings is 1. The van der Waals surface area contributed by atoms with Crippen molar-refractivity contribution in [2.45, 2.75) is 13.3 Å². The summed E-state index contributed by atoms with van der Waals surface area (Å²) in [5.74, 6) is -0.0623. The van der Waals surface area contributed by atoms with Gasteiger partial charge in [0.1, 0.15) is 11.6 Å². The Labute approximate surface area is 164 Å². The van der Waals surface area contributed by atoms with E-state index in [0.29, 0.717) is 44.1 Å². The smallest absolute Gasteiger partial charge is 0.256 e. The molecule has 1 fully saturated rings. The van der Waals surface area contributed by atoms with Crippen LogP contribution in [0.25, 0.3) is 0 Å². The van der Waals surface area contributed by atoms with E-state index in [0.717, 1.165) is 0 Å². The molecule has 0 bridgehead atoms. The van der Waals surface area contributed by atoms with Crippen molar-refractivity contribution in [3.63, 3.8) is 0 Å². The third kappa shape index (κ3) is 4.78. The van der Waals surface area contributed by atoms with Gasteiger partial charge in [0.2, 0.25) is 10.0 Å². The Balaban J connectivity index is 1.59. The van der Waals surface area contributed by atoms with Crippen molar-refractivity contribution in [2.24, 2.45) is 0 Å². The fourth-order valence-electron chi connectivity index (χ4n) is 3.08. The highest BCUT2D eigenvalue weighted by molar-refractivity contribution is 7.92. The highest BCUT2D eigenvalue weighted by Gasteiger charge is 2.24. The minimum atomic E-state index is -3.35. The molecule has 1 amide bonds. The highest BCUT2D eigenvalue weighted by Crippen LogP contribution is 2.18. The molecule has 0 radical (unpaired) electrons. The van der Waals surface area contributed by atoms with Crippen LogP contribution in [-0.2, 0) is 10.0 Å². The van der Waals surface area contributed by atoms with Crippen molar-refractivity contribution >= 4 is 27.4 Å². The molecule has 0 unspecified atom stereocenters. The lowest BCUT2D eigenvalue weighted by atomic mass is 10.1. The second-order valence-electron chi connectivity index (χ2n) is 6.59. The van der Waals surface area contributed by atoms with Gasteiger partial charge in [-0.15, -0.1) is 0 Å². The number of benzene rings is 1. The van der Waals surface area contributed by atoms with Gasteiger partial charge in [0.05, 0.1) is 23.2 Å². The number of carbonyl (C=O) groups excluding carboxylic acids is 1. The molecule has 1 aliphatic heterocycles. The van der Waals surface area contributed by atoms with Crippen LogP contribution in [0.4, 0.5) is 15.9 Å². The summed E-state index contributed by atoms with van der Waals surface area (Å²) in [5.41, 5.74) is 0.503. The number of aromatic nitrogens is 1. The number of sulfonamides is 1. The van der Waals surface area contributed by atoms with E-state index in [4.69, 9.17) is 0 Å². The summed E-state index contributed by atoms with van der Waals surface area (Å²) in [4.78, 5) is 20.4. The number of nitrogens with zero attached hydrogens (tertiary/aromatic N) is 3. The third-order valence-corrected chi connectivity index (χ3v) is 5.98. The molecule has 0 spiro atoms. The molecular weight excluding hydrogens is 383 g/mol. The van der Waals surface area contributed by atoms with Crippen molar-refractivity contribution in [2.75, 3.05) is 41.6 Å². The number of carbonyl (C=O) groups is 1. The number of anilines is 2. The lowest BCUT2D eigenvalue weighted by Crippen LogP contribution is -2.49. The molecule has 1 N–H and O–H groups in total. The van der Waals surface area contributed by atoms with E-state index in [9.17, 15) is 17.6 Å². The van der Waals surface area contributed by atoms with Gasteiger partial charge in [0.15, 0.2) is 0 Å². The topological polar surface area (TPSA) is 82.6 Å². The molecule has 28 heavy (non-hydrogen) atoms. The van der Waals surface area contributed by atoms with Gasteiger partial charge < -0.3 is 9.80 Å². The number of rotatable bonds is 6. The molecule has 9 heteroatoms. The zero-order valence-corrected chi connectivity index (χ0v) is 16.5. The first-order chi connectivity index (χ1) is 13.4. The van der Waals surface area contributed by atoms with Crippen LogP contribution in [0.2, 0.25) is 0 Å². The maximum absolute atomic E-state index is 13.8. The van der Waals surface area contributed by atoms with Gasteiger partial charge in [-0.1, -0.05) is 19.1 Å². The van der Waals surface area contributed by atoms with Gasteiger partial charge in [0.25, 0.3) is 5.91 Å². The maximum atomic E-state index is 13.8. The van der Waals surface area contributed by atoms with Crippen molar-refractivity contribution in [3.8, 4) is 0 Å². The number of amides is 1. The molecule has 1 aromatic carbocycles. The zero-order chi connectivity index (χ0) is 20.1. The van der Waals surface area contributed by atoms with Crippen LogP contribution < -0.4 is 9.62 Å². The number of hydrogen-bond donors (Lipinski definition) is 1. The molecule has 2 aromatic rings. The van der Waals surface area contributed by atoms with Crippen LogP contribution in [0, 0.1) is 5.82 Å². The summed E-state index contributed by atoms with van der Waals surface area (Å²) in [6.45, 7) is 3.85. The van der Waals surface area contributed by atoms with Crippen LogP contribution in [0.15, 0.2) is 42.6 Å². The van der Waals surface area contributed by atoms with E-state index in [-0.39, 0.29) is 17.2 Å². The Hall–Kier alpha value is -2.68. The molecule has 1 aromatic heterocycles. The standard InChI is InChI=1S/C19H23FN4O3S/c1-2-13-28(26,27)22-15-7-8-18(21-14-15)23-9-11-24(12-10-23)19(25)16-5-3-4-6-17(16)20/h3-8,14,22H,2,9-13H2,1H3. The zero-order valence-electron chi connectivity index (χ0n) is 15.6. The van der Waals surface area contributed by atoms with Crippen LogP contribution in [0.1, 0.15) is 23.7 Å². The van der Waals surface area contributed by atoms with E-state index in [1.165, 1.54) is 18.3 Å². The molecule has 2 heterocycles. The maximum Gasteiger partial charge on any atom is 0.256 e. The largest absolute Gasteiger partial charge is 0.353 e. The molecule has 1 aliphatic rings. The summed E-state index contributed by atoms with van der Waals surface area (Å²) < 4.78 is 39.9. The first kappa shape index (κ1) is 20.1. The normalized spacial score (nSPS) is 14.8. The minimum Gasteiger partial charge on any atom is -0.353 e. The Morgan fingerprint density at radius 1 is 1.14 bits per heavy atom. The molecule has 7 nitrogen and oxygen atoms in total. The van der Waals surface area contributed by atoms with Crippen LogP contribution in [0.5, 0.6) is 0 Å². The van der Waals surface area contributed by atoms with Crippen molar-refractivity contribution in [1.29, 1.82) is 0 Å². The molecule has 0 atom stereocenters. The van der Waals surface area contributed by atoms with E-state index < -0.39 is 15.8 Å². The number of halogens is 1. The van der Waals surface area contributed by atoms with Crippen LogP contribution >= 0.6 is 0 Å². The summed E-state index contributed by atoms with van der Waals surface area (Å²) >= 11 is 0. The Morgan fingerprint density at radius 2 is 1.86 bits per heavy atom. The molecule has 0 saturated carbocycles. The predicted molar refractivity (Wildman–Crippen MR) is 106 cm³/mol. The average molecular weight is 406 g/mol. The highest BCUT2D eigenvalue weighted by atomic mass is 32.2. The average Bonchev–Trinajstić information content (AvgIpc) is 2.68. The quantitative estimate of drug-likeness (QED) is 0.796. The number of nitrogens with one attached hydrogen (secondary N) is 1. The van der Waals surface area contributed by atoms with Crippen LogP contribution in [-0.4, -0.2) is 56.1 Å². The molecule has 1 saturated heterocycles. The van der Waals surface area contributed by atoms with Gasteiger partial charge >= 0.3 is 0 Å². The Bertz CT molecular complexity index is 926. The monoisotopic (exact) mass is 406 g/mol. The van der Waals surface area contributed by atoms with Gasteiger partial charge in [-0.3, -0.25) is 9.52 Å². The van der Waals surface area contributed by atoms with Crippen molar-refractivity contribution in [3.05, 3.63) is 54.0 Å². The van der Waals surface area contributed by atoms with Gasteiger partial charge in [-0.05, 0) is 30.7 Å². The molecule has 0 aliphatic carbocycles. The summed E-state index contributed by atoms with van der Waals surface area (Å²) in [7, 11) is -3.35. The predicted octanol–water partition coefficient (Wildman–Crippen LogP) is 2.33. The van der Waals surface area contributed by atoms with E-state index in [2.05, 4.69) is 9.71 Å². The lowest BCUT2D eigenvalue weighted by Gasteiger charge is -2.35. The first-order valence-corrected chi connectivity index (χ1v) is 10.8. The van der Waals surface area contributed by atoms with Gasteiger partial charge in [-0.2, -0.15) is 0 Å². The Kier molecular flexibility index (Phi) is 6.13. The number of hydrogen-bond acceptors (Lipinski definition) is 5. The van der Waals surface area contributed by atoms with E-state index >= 15 is 0 Å². The third-order valence-electron chi connectivity index (χ3n) is 4.49. The van der Waals surface area contributed by atoms with E-state index in [1.807, 2.05) is 4.90 Å². The lowest BCUT2D eigenvalue weighted by molar-refractivity contribution is 0.0742. The minimum absolute atomic E-state index is 0.0623. The summed E-state index contributed by atoms with van der Waals surface area (Å²) in [5, 5.41) is 0.